The fourth-order valence-electron chi connectivity index (χ4n) is 1.91. The van der Waals surface area contributed by atoms with Crippen LogP contribution in [0.25, 0.3) is 0 Å². The van der Waals surface area contributed by atoms with Gasteiger partial charge in [0.2, 0.25) is 5.91 Å². The summed E-state index contributed by atoms with van der Waals surface area (Å²) in [7, 11) is 0. The molecule has 4 nitrogen and oxygen atoms in total. The summed E-state index contributed by atoms with van der Waals surface area (Å²) in [5.41, 5.74) is 0. The number of carboxylic acid groups (broad SMARTS) is 1. The van der Waals surface area contributed by atoms with E-state index in [-0.39, 0.29) is 12.3 Å². The van der Waals surface area contributed by atoms with Crippen LogP contribution in [0.1, 0.15) is 51.9 Å². The lowest BCUT2D eigenvalue weighted by molar-refractivity contribution is -0.137. The summed E-state index contributed by atoms with van der Waals surface area (Å²) in [6, 6.07) is 0. The number of nitrogens with one attached hydrogen (secondary N) is 1. The second-order valence-electron chi connectivity index (χ2n) is 4.55. The van der Waals surface area contributed by atoms with Gasteiger partial charge in [-0.3, -0.25) is 9.59 Å². The van der Waals surface area contributed by atoms with Crippen LogP contribution in [0.3, 0.4) is 0 Å². The molecule has 0 aromatic heterocycles. The number of hydrogen-bond donors (Lipinski definition) is 2. The van der Waals surface area contributed by atoms with Crippen molar-refractivity contribution in [2.75, 3.05) is 6.54 Å². The monoisotopic (exact) mass is 255 g/mol. The minimum Gasteiger partial charge on any atom is -0.481 e. The van der Waals surface area contributed by atoms with E-state index in [0.717, 1.165) is 19.3 Å². The van der Waals surface area contributed by atoms with Crippen LogP contribution in [0, 0.1) is 5.92 Å². The van der Waals surface area contributed by atoms with Crippen LogP contribution in [0.2, 0.25) is 0 Å². The molecule has 1 atom stereocenters. The lowest BCUT2D eigenvalue weighted by Gasteiger charge is -2.15. The highest BCUT2D eigenvalue weighted by Crippen LogP contribution is 2.17. The standard InChI is InChI=1S/C14H25NO3/c1-3-5-7-13(16)15-11-10-12(6-4-2)8-9-14(17)18/h3,12H,1,4-11H2,2H3,(H,15,16)(H,17,18). The number of amides is 1. The third kappa shape index (κ3) is 9.87. The molecule has 0 aliphatic carbocycles. The van der Waals surface area contributed by atoms with Crippen molar-refractivity contribution in [2.45, 2.75) is 51.9 Å². The normalized spacial score (nSPS) is 11.8. The molecular weight excluding hydrogens is 230 g/mol. The van der Waals surface area contributed by atoms with Crippen molar-refractivity contribution < 1.29 is 14.7 Å². The van der Waals surface area contributed by atoms with Crippen LogP contribution in [-0.4, -0.2) is 23.5 Å². The number of aliphatic carboxylic acids is 1. The van der Waals surface area contributed by atoms with Crippen LogP contribution in [0.4, 0.5) is 0 Å². The van der Waals surface area contributed by atoms with Gasteiger partial charge >= 0.3 is 5.97 Å². The minimum atomic E-state index is -0.744. The molecule has 0 spiro atoms. The van der Waals surface area contributed by atoms with Crippen molar-refractivity contribution in [3.8, 4) is 0 Å². The maximum atomic E-state index is 11.4. The van der Waals surface area contributed by atoms with E-state index < -0.39 is 5.97 Å². The van der Waals surface area contributed by atoms with E-state index in [1.54, 1.807) is 6.08 Å². The number of carboxylic acids is 1. The molecule has 0 heterocycles. The Morgan fingerprint density at radius 1 is 1.28 bits per heavy atom. The third-order valence-corrected chi connectivity index (χ3v) is 2.91. The molecule has 0 bridgehead atoms. The Bertz CT molecular complexity index is 264. The van der Waals surface area contributed by atoms with Crippen molar-refractivity contribution in [3.63, 3.8) is 0 Å². The van der Waals surface area contributed by atoms with Gasteiger partial charge in [-0.05, 0) is 25.2 Å². The Labute approximate surface area is 109 Å². The first-order chi connectivity index (χ1) is 8.60. The molecule has 0 aliphatic rings. The predicted octanol–water partition coefficient (Wildman–Crippen LogP) is 2.74. The molecule has 4 heteroatoms. The van der Waals surface area contributed by atoms with Crippen LogP contribution in [-0.2, 0) is 9.59 Å². The number of carbonyl (C=O) groups excluding carboxylic acids is 1. The first kappa shape index (κ1) is 16.7. The summed E-state index contributed by atoms with van der Waals surface area (Å²) < 4.78 is 0. The van der Waals surface area contributed by atoms with Crippen molar-refractivity contribution in [2.24, 2.45) is 5.92 Å². The van der Waals surface area contributed by atoms with Gasteiger partial charge in [-0.2, -0.15) is 0 Å². The fourth-order valence-corrected chi connectivity index (χ4v) is 1.91. The largest absolute Gasteiger partial charge is 0.481 e. The van der Waals surface area contributed by atoms with Gasteiger partial charge in [0.05, 0.1) is 0 Å². The molecule has 104 valence electrons. The molecule has 0 aromatic carbocycles. The second kappa shape index (κ2) is 10.8. The topological polar surface area (TPSA) is 66.4 Å². The SMILES string of the molecule is C=CCCC(=O)NCCC(CCC)CCC(=O)O. The molecule has 1 amide bonds. The first-order valence-electron chi connectivity index (χ1n) is 6.69. The van der Waals surface area contributed by atoms with Gasteiger partial charge in [-0.25, -0.2) is 0 Å². The Morgan fingerprint density at radius 2 is 2.00 bits per heavy atom. The van der Waals surface area contributed by atoms with Gasteiger partial charge in [-0.1, -0.05) is 25.8 Å². The quantitative estimate of drug-likeness (QED) is 0.558. The molecule has 0 aliphatic heterocycles. The fraction of sp³-hybridized carbons (Fsp3) is 0.714. The lowest BCUT2D eigenvalue weighted by Crippen LogP contribution is -2.25. The van der Waals surface area contributed by atoms with E-state index >= 15 is 0 Å². The Hall–Kier alpha value is -1.32. The van der Waals surface area contributed by atoms with Gasteiger partial charge in [-0.15, -0.1) is 6.58 Å². The lowest BCUT2D eigenvalue weighted by atomic mass is 9.94. The Balaban J connectivity index is 3.77. The zero-order valence-corrected chi connectivity index (χ0v) is 11.3. The smallest absolute Gasteiger partial charge is 0.303 e. The Kier molecular flexibility index (Phi) is 10.0. The number of hydrogen-bond acceptors (Lipinski definition) is 2. The summed E-state index contributed by atoms with van der Waals surface area (Å²) in [6.45, 7) is 6.30. The zero-order valence-electron chi connectivity index (χ0n) is 11.3. The average Bonchev–Trinajstić information content (AvgIpc) is 2.33. The molecule has 0 rings (SSSR count). The second-order valence-corrected chi connectivity index (χ2v) is 4.55. The van der Waals surface area contributed by atoms with Crippen molar-refractivity contribution in [1.82, 2.24) is 5.32 Å². The van der Waals surface area contributed by atoms with Crippen LogP contribution >= 0.6 is 0 Å². The van der Waals surface area contributed by atoms with Gasteiger partial charge in [0, 0.05) is 19.4 Å². The molecular formula is C14H25NO3. The molecule has 1 unspecified atom stereocenters. The number of allylic oxidation sites excluding steroid dienone is 1. The van der Waals surface area contributed by atoms with E-state index in [1.807, 2.05) is 0 Å². The molecule has 0 fully saturated rings. The van der Waals surface area contributed by atoms with Crippen LogP contribution in [0.15, 0.2) is 12.7 Å². The maximum absolute atomic E-state index is 11.4. The highest BCUT2D eigenvalue weighted by Gasteiger charge is 2.10. The molecule has 0 radical (unpaired) electrons. The zero-order chi connectivity index (χ0) is 13.8. The average molecular weight is 255 g/mol. The van der Waals surface area contributed by atoms with Crippen molar-refractivity contribution in [3.05, 3.63) is 12.7 Å². The van der Waals surface area contributed by atoms with E-state index in [4.69, 9.17) is 5.11 Å². The maximum Gasteiger partial charge on any atom is 0.303 e. The minimum absolute atomic E-state index is 0.0448. The van der Waals surface area contributed by atoms with Crippen LogP contribution < -0.4 is 5.32 Å². The predicted molar refractivity (Wildman–Crippen MR) is 72.3 cm³/mol. The molecule has 0 aromatic rings. The van der Waals surface area contributed by atoms with Crippen molar-refractivity contribution >= 4 is 11.9 Å². The summed E-state index contributed by atoms with van der Waals surface area (Å²) >= 11 is 0. The summed E-state index contributed by atoms with van der Waals surface area (Å²) in [5, 5.41) is 11.5. The van der Waals surface area contributed by atoms with Crippen LogP contribution in [0.5, 0.6) is 0 Å². The molecule has 0 saturated carbocycles. The first-order valence-corrected chi connectivity index (χ1v) is 6.69. The third-order valence-electron chi connectivity index (χ3n) is 2.91. The van der Waals surface area contributed by atoms with Crippen molar-refractivity contribution in [1.29, 1.82) is 0 Å². The highest BCUT2D eigenvalue weighted by molar-refractivity contribution is 5.75. The van der Waals surface area contributed by atoms with E-state index in [0.29, 0.717) is 31.7 Å². The van der Waals surface area contributed by atoms with Gasteiger partial charge in [0.25, 0.3) is 0 Å². The molecule has 2 N–H and O–H groups in total. The van der Waals surface area contributed by atoms with E-state index in [2.05, 4.69) is 18.8 Å². The van der Waals surface area contributed by atoms with Gasteiger partial charge in [0.15, 0.2) is 0 Å². The highest BCUT2D eigenvalue weighted by atomic mass is 16.4. The molecule has 18 heavy (non-hydrogen) atoms. The molecule has 0 saturated heterocycles. The summed E-state index contributed by atoms with van der Waals surface area (Å²) in [6.07, 6.45) is 6.76. The summed E-state index contributed by atoms with van der Waals surface area (Å²) in [4.78, 5) is 21.9. The van der Waals surface area contributed by atoms with E-state index in [1.165, 1.54) is 0 Å². The number of carbonyl (C=O) groups is 2. The number of rotatable bonds is 11. The Morgan fingerprint density at radius 3 is 2.56 bits per heavy atom. The van der Waals surface area contributed by atoms with Gasteiger partial charge < -0.3 is 10.4 Å². The summed E-state index contributed by atoms with van der Waals surface area (Å²) in [5.74, 6) is -0.305. The van der Waals surface area contributed by atoms with Gasteiger partial charge in [0.1, 0.15) is 0 Å². The van der Waals surface area contributed by atoms with E-state index in [9.17, 15) is 9.59 Å².